The van der Waals surface area contributed by atoms with Gasteiger partial charge in [-0.25, -0.2) is 15.0 Å². The number of aromatic nitrogens is 6. The Kier molecular flexibility index (Phi) is 5.51. The fourth-order valence-electron chi connectivity index (χ4n) is 4.55. The summed E-state index contributed by atoms with van der Waals surface area (Å²) >= 11 is 0. The maximum Gasteiger partial charge on any atom is 0.266 e. The highest BCUT2D eigenvalue weighted by Crippen LogP contribution is 2.29. The normalized spacial score (nSPS) is 11.9. The summed E-state index contributed by atoms with van der Waals surface area (Å²) in [4.78, 5) is 34.9. The molecular weight excluding hydrogens is 478 g/mol. The van der Waals surface area contributed by atoms with Gasteiger partial charge in [0.2, 0.25) is 5.95 Å². The number of pyridine rings is 1. The Hall–Kier alpha value is -5.56. The average Bonchev–Trinajstić information content (AvgIpc) is 3.41. The number of nitrogens with one attached hydrogen (secondary N) is 2. The molecule has 0 unspecified atom stereocenters. The zero-order chi connectivity index (χ0) is 26.2. The van der Waals surface area contributed by atoms with Crippen molar-refractivity contribution in [2.45, 2.75) is 13.0 Å². The van der Waals surface area contributed by atoms with Crippen LogP contribution in [0.15, 0.2) is 84.0 Å². The number of nitrogens with two attached hydrogens (primary N) is 1. The number of rotatable bonds is 5. The topological polar surface area (TPSA) is 151 Å². The smallest absolute Gasteiger partial charge is 0.266 e. The van der Waals surface area contributed by atoms with E-state index in [0.29, 0.717) is 22.4 Å². The van der Waals surface area contributed by atoms with Gasteiger partial charge in [0.05, 0.1) is 28.8 Å². The van der Waals surface area contributed by atoms with Crippen molar-refractivity contribution in [3.05, 3.63) is 101 Å². The molecule has 10 nitrogen and oxygen atoms in total. The number of nitrogen functional groups attached to an aromatic ring is 1. The highest BCUT2D eigenvalue weighted by Gasteiger charge is 2.21. The number of para-hydroxylation sites is 1. The van der Waals surface area contributed by atoms with Gasteiger partial charge in [0.15, 0.2) is 0 Å². The number of nitriles is 1. The van der Waals surface area contributed by atoms with Gasteiger partial charge in [-0.05, 0) is 42.8 Å². The van der Waals surface area contributed by atoms with Crippen molar-refractivity contribution >= 4 is 33.7 Å². The molecular formula is C28H21N9O. The molecule has 10 heteroatoms. The molecule has 0 radical (unpaired) electrons. The van der Waals surface area contributed by atoms with E-state index in [-0.39, 0.29) is 22.9 Å². The Bertz CT molecular complexity index is 1920. The molecule has 0 aliphatic carbocycles. The second-order valence-electron chi connectivity index (χ2n) is 8.75. The molecule has 0 saturated heterocycles. The number of benzene rings is 2. The Labute approximate surface area is 216 Å². The van der Waals surface area contributed by atoms with Crippen LogP contribution in [0, 0.1) is 11.3 Å². The van der Waals surface area contributed by atoms with E-state index in [1.807, 2.05) is 73.8 Å². The summed E-state index contributed by atoms with van der Waals surface area (Å²) < 4.78 is 1.59. The van der Waals surface area contributed by atoms with Gasteiger partial charge >= 0.3 is 0 Å². The lowest BCUT2D eigenvalue weighted by molar-refractivity contribution is 0.731. The lowest BCUT2D eigenvalue weighted by Crippen LogP contribution is -2.28. The van der Waals surface area contributed by atoms with E-state index in [4.69, 9.17) is 10.7 Å². The summed E-state index contributed by atoms with van der Waals surface area (Å²) in [5, 5.41) is 14.1. The SMILES string of the molecule is C[C@H](Nc1nc(N)ncc1C#N)c1nc2cccc(-c3cnc4[nH]ccc4c3)c2c(=O)n1-c1ccccc1. The number of nitrogens with zero attached hydrogens (tertiary/aromatic N) is 6. The number of aromatic amines is 1. The Morgan fingerprint density at radius 2 is 1.89 bits per heavy atom. The molecule has 38 heavy (non-hydrogen) atoms. The largest absolute Gasteiger partial charge is 0.368 e. The number of hydrogen-bond donors (Lipinski definition) is 3. The van der Waals surface area contributed by atoms with E-state index < -0.39 is 6.04 Å². The maximum atomic E-state index is 14.3. The molecule has 0 spiro atoms. The van der Waals surface area contributed by atoms with Gasteiger partial charge in [0.1, 0.15) is 28.9 Å². The third-order valence-electron chi connectivity index (χ3n) is 6.32. The molecule has 0 aliphatic heterocycles. The first-order valence-electron chi connectivity index (χ1n) is 11.9. The minimum absolute atomic E-state index is 0.0308. The van der Waals surface area contributed by atoms with Crippen LogP contribution < -0.4 is 16.6 Å². The number of anilines is 2. The Morgan fingerprint density at radius 3 is 2.71 bits per heavy atom. The molecule has 4 aromatic heterocycles. The van der Waals surface area contributed by atoms with Gasteiger partial charge in [0, 0.05) is 23.3 Å². The van der Waals surface area contributed by atoms with E-state index in [2.05, 4.69) is 31.3 Å². The third-order valence-corrected chi connectivity index (χ3v) is 6.32. The van der Waals surface area contributed by atoms with Crippen molar-refractivity contribution in [2.75, 3.05) is 11.1 Å². The standard InChI is InChI=1S/C28H21N9O/c1-16(34-25-19(13-29)15-33-28(30)36-25)26-35-22-9-5-8-21(18-12-17-10-11-31-24(17)32-14-18)23(22)27(38)37(26)20-6-3-2-4-7-20/h2-12,14-16H,1H3,(H,31,32)(H3,30,33,34,36)/t16-/m0/s1. The van der Waals surface area contributed by atoms with Crippen LogP contribution in [0.2, 0.25) is 0 Å². The Balaban J connectivity index is 1.58. The molecule has 1 atom stereocenters. The van der Waals surface area contributed by atoms with Crippen molar-refractivity contribution < 1.29 is 0 Å². The molecule has 6 rings (SSSR count). The average molecular weight is 500 g/mol. The van der Waals surface area contributed by atoms with E-state index in [1.165, 1.54) is 6.20 Å². The van der Waals surface area contributed by atoms with Crippen molar-refractivity contribution in [1.29, 1.82) is 5.26 Å². The number of fused-ring (bicyclic) bond motifs is 2. The van der Waals surface area contributed by atoms with Crippen molar-refractivity contribution in [3.63, 3.8) is 0 Å². The number of hydrogen-bond acceptors (Lipinski definition) is 8. The van der Waals surface area contributed by atoms with E-state index in [0.717, 1.165) is 22.2 Å². The maximum absolute atomic E-state index is 14.3. The van der Waals surface area contributed by atoms with Gasteiger partial charge in [-0.15, -0.1) is 0 Å². The summed E-state index contributed by atoms with van der Waals surface area (Å²) in [6.45, 7) is 1.85. The van der Waals surface area contributed by atoms with Crippen LogP contribution in [0.1, 0.15) is 24.4 Å². The van der Waals surface area contributed by atoms with Gasteiger partial charge < -0.3 is 16.0 Å². The highest BCUT2D eigenvalue weighted by molar-refractivity contribution is 5.96. The molecule has 0 aliphatic rings. The van der Waals surface area contributed by atoms with Gasteiger partial charge in [-0.2, -0.15) is 10.2 Å². The van der Waals surface area contributed by atoms with Crippen molar-refractivity contribution in [2.24, 2.45) is 0 Å². The molecule has 184 valence electrons. The predicted molar refractivity (Wildman–Crippen MR) is 146 cm³/mol. The zero-order valence-corrected chi connectivity index (χ0v) is 20.3. The third kappa shape index (κ3) is 3.88. The quantitative estimate of drug-likeness (QED) is 0.317. The van der Waals surface area contributed by atoms with E-state index in [9.17, 15) is 10.1 Å². The van der Waals surface area contributed by atoms with Crippen LogP contribution >= 0.6 is 0 Å². The summed E-state index contributed by atoms with van der Waals surface area (Å²) in [5.74, 6) is 0.746. The summed E-state index contributed by atoms with van der Waals surface area (Å²) in [6.07, 6.45) is 4.94. The predicted octanol–water partition coefficient (Wildman–Crippen LogP) is 4.35. The Morgan fingerprint density at radius 1 is 1.05 bits per heavy atom. The minimum atomic E-state index is -0.518. The molecule has 0 bridgehead atoms. The highest BCUT2D eigenvalue weighted by atomic mass is 16.1. The van der Waals surface area contributed by atoms with Crippen LogP contribution in [0.5, 0.6) is 0 Å². The van der Waals surface area contributed by atoms with Crippen LogP contribution in [-0.2, 0) is 0 Å². The fraction of sp³-hybridized carbons (Fsp3) is 0.0714. The lowest BCUT2D eigenvalue weighted by atomic mass is 10.0. The van der Waals surface area contributed by atoms with Crippen LogP contribution in [0.4, 0.5) is 11.8 Å². The molecule has 4 N–H and O–H groups in total. The van der Waals surface area contributed by atoms with Gasteiger partial charge in [-0.3, -0.25) is 9.36 Å². The van der Waals surface area contributed by atoms with Gasteiger partial charge in [0.25, 0.3) is 5.56 Å². The number of H-pyrrole nitrogens is 1. The fourth-order valence-corrected chi connectivity index (χ4v) is 4.55. The molecule has 6 aromatic rings. The molecule has 4 heterocycles. The zero-order valence-electron chi connectivity index (χ0n) is 20.3. The summed E-state index contributed by atoms with van der Waals surface area (Å²) in [5.41, 5.74) is 9.30. The van der Waals surface area contributed by atoms with Crippen LogP contribution in [0.3, 0.4) is 0 Å². The minimum Gasteiger partial charge on any atom is -0.368 e. The molecule has 0 amide bonds. The van der Waals surface area contributed by atoms with Crippen LogP contribution in [0.25, 0.3) is 38.8 Å². The molecule has 0 fully saturated rings. The first-order valence-corrected chi connectivity index (χ1v) is 11.9. The van der Waals surface area contributed by atoms with Crippen LogP contribution in [-0.4, -0.2) is 29.5 Å². The van der Waals surface area contributed by atoms with Gasteiger partial charge in [-0.1, -0.05) is 30.3 Å². The monoisotopic (exact) mass is 499 g/mol. The summed E-state index contributed by atoms with van der Waals surface area (Å²) in [7, 11) is 0. The van der Waals surface area contributed by atoms with E-state index in [1.54, 1.807) is 10.8 Å². The summed E-state index contributed by atoms with van der Waals surface area (Å²) in [6, 6.07) is 20.4. The lowest BCUT2D eigenvalue weighted by Gasteiger charge is -2.21. The second-order valence-corrected chi connectivity index (χ2v) is 8.75. The second kappa shape index (κ2) is 9.15. The molecule has 2 aromatic carbocycles. The van der Waals surface area contributed by atoms with E-state index >= 15 is 0 Å². The first-order chi connectivity index (χ1) is 18.5. The van der Waals surface area contributed by atoms with Crippen molar-refractivity contribution in [1.82, 2.24) is 29.5 Å². The van der Waals surface area contributed by atoms with Crippen molar-refractivity contribution in [3.8, 4) is 22.9 Å². The molecule has 0 saturated carbocycles. The first kappa shape index (κ1) is 22.9.